The number of amides is 2. The summed E-state index contributed by atoms with van der Waals surface area (Å²) in [5, 5.41) is 2.97. The van der Waals surface area contributed by atoms with Crippen molar-refractivity contribution in [1.29, 1.82) is 0 Å². The van der Waals surface area contributed by atoms with Gasteiger partial charge in [-0.25, -0.2) is 0 Å². The van der Waals surface area contributed by atoms with Gasteiger partial charge in [0.1, 0.15) is 0 Å². The molecule has 2 aliphatic rings. The average Bonchev–Trinajstić information content (AvgIpc) is 3.55. The first kappa shape index (κ1) is 18.5. The van der Waals surface area contributed by atoms with Crippen LogP contribution < -0.4 is 10.2 Å². The predicted molar refractivity (Wildman–Crippen MR) is 112 cm³/mol. The van der Waals surface area contributed by atoms with E-state index in [4.69, 9.17) is 0 Å². The van der Waals surface area contributed by atoms with E-state index >= 15 is 0 Å². The van der Waals surface area contributed by atoms with E-state index in [1.165, 1.54) is 5.56 Å². The number of aryl methyl sites for hydroxylation is 2. The third-order valence-electron chi connectivity index (χ3n) is 5.78. The van der Waals surface area contributed by atoms with Crippen LogP contribution in [0.25, 0.3) is 0 Å². The number of anilines is 2. The lowest BCUT2D eigenvalue weighted by molar-refractivity contribution is -0.132. The zero-order chi connectivity index (χ0) is 19.7. The van der Waals surface area contributed by atoms with Crippen molar-refractivity contribution in [3.8, 4) is 0 Å². The van der Waals surface area contributed by atoms with Crippen LogP contribution in [-0.2, 0) is 4.79 Å². The molecule has 0 radical (unpaired) electrons. The van der Waals surface area contributed by atoms with Crippen molar-refractivity contribution in [2.45, 2.75) is 26.7 Å². The number of hydrogen-bond acceptors (Lipinski definition) is 3. The third-order valence-corrected chi connectivity index (χ3v) is 5.78. The van der Waals surface area contributed by atoms with Crippen LogP contribution in [0, 0.1) is 19.8 Å². The molecule has 2 amide bonds. The van der Waals surface area contributed by atoms with Gasteiger partial charge in [-0.1, -0.05) is 6.07 Å². The Balaban J connectivity index is 1.34. The van der Waals surface area contributed by atoms with Crippen LogP contribution in [0.3, 0.4) is 0 Å². The van der Waals surface area contributed by atoms with Gasteiger partial charge in [-0.15, -0.1) is 0 Å². The Morgan fingerprint density at radius 3 is 2.18 bits per heavy atom. The van der Waals surface area contributed by atoms with E-state index < -0.39 is 0 Å². The average molecular weight is 377 g/mol. The second-order valence-electron chi connectivity index (χ2n) is 7.89. The summed E-state index contributed by atoms with van der Waals surface area (Å²) in [4.78, 5) is 28.9. The highest BCUT2D eigenvalue weighted by Crippen LogP contribution is 2.31. The molecule has 0 unspecified atom stereocenters. The maximum Gasteiger partial charge on any atom is 0.255 e. The van der Waals surface area contributed by atoms with Crippen molar-refractivity contribution >= 4 is 23.2 Å². The molecule has 2 aromatic rings. The van der Waals surface area contributed by atoms with E-state index in [1.54, 1.807) is 0 Å². The first-order valence-corrected chi connectivity index (χ1v) is 10.0. The topological polar surface area (TPSA) is 52.7 Å². The molecule has 0 bridgehead atoms. The minimum Gasteiger partial charge on any atom is -0.368 e. The van der Waals surface area contributed by atoms with E-state index in [1.807, 2.05) is 61.2 Å². The van der Waals surface area contributed by atoms with Gasteiger partial charge < -0.3 is 15.1 Å². The number of piperazine rings is 1. The standard InChI is InChI=1S/C23H27N3O2/c1-16-3-4-19(15-17(16)2)22(27)24-20-7-9-21(10-8-20)25-11-13-26(14-12-25)23(28)18-5-6-18/h3-4,7-10,15,18H,5-6,11-14H2,1-2H3,(H,24,27). The molecule has 146 valence electrons. The molecule has 1 aliphatic heterocycles. The SMILES string of the molecule is Cc1ccc(C(=O)Nc2ccc(N3CCN(C(=O)C4CC4)CC3)cc2)cc1C. The van der Waals surface area contributed by atoms with Crippen LogP contribution in [-0.4, -0.2) is 42.9 Å². The highest BCUT2D eigenvalue weighted by atomic mass is 16.2. The minimum atomic E-state index is -0.0944. The number of nitrogens with zero attached hydrogens (tertiary/aromatic N) is 2. The second kappa shape index (κ2) is 7.66. The van der Waals surface area contributed by atoms with Crippen molar-refractivity contribution in [2.75, 3.05) is 36.4 Å². The first-order chi connectivity index (χ1) is 13.5. The molecule has 2 fully saturated rings. The molecule has 4 rings (SSSR count). The fourth-order valence-corrected chi connectivity index (χ4v) is 3.62. The largest absolute Gasteiger partial charge is 0.368 e. The molecule has 1 heterocycles. The Labute approximate surface area is 166 Å². The molecular formula is C23H27N3O2. The van der Waals surface area contributed by atoms with Gasteiger partial charge in [-0.2, -0.15) is 0 Å². The first-order valence-electron chi connectivity index (χ1n) is 10.0. The van der Waals surface area contributed by atoms with Crippen LogP contribution in [0.2, 0.25) is 0 Å². The highest BCUT2D eigenvalue weighted by molar-refractivity contribution is 6.04. The van der Waals surface area contributed by atoms with Gasteiger partial charge in [-0.3, -0.25) is 9.59 Å². The van der Waals surface area contributed by atoms with E-state index in [0.29, 0.717) is 17.4 Å². The van der Waals surface area contributed by atoms with Gasteiger partial charge in [0.2, 0.25) is 5.91 Å². The van der Waals surface area contributed by atoms with Crippen LogP contribution in [0.4, 0.5) is 11.4 Å². The molecule has 28 heavy (non-hydrogen) atoms. The van der Waals surface area contributed by atoms with Gasteiger partial charge in [0.05, 0.1) is 0 Å². The van der Waals surface area contributed by atoms with E-state index in [2.05, 4.69) is 10.2 Å². The Morgan fingerprint density at radius 1 is 0.893 bits per heavy atom. The van der Waals surface area contributed by atoms with Crippen molar-refractivity contribution in [3.05, 3.63) is 59.2 Å². The molecule has 5 heteroatoms. The minimum absolute atomic E-state index is 0.0944. The molecule has 1 aliphatic carbocycles. The molecule has 1 saturated carbocycles. The maximum atomic E-state index is 12.5. The number of hydrogen-bond donors (Lipinski definition) is 1. The van der Waals surface area contributed by atoms with Crippen molar-refractivity contribution in [3.63, 3.8) is 0 Å². The molecule has 0 spiro atoms. The zero-order valence-electron chi connectivity index (χ0n) is 16.6. The summed E-state index contributed by atoms with van der Waals surface area (Å²) < 4.78 is 0. The Morgan fingerprint density at radius 2 is 1.57 bits per heavy atom. The summed E-state index contributed by atoms with van der Waals surface area (Å²) in [5.74, 6) is 0.541. The van der Waals surface area contributed by atoms with Gasteiger partial charge >= 0.3 is 0 Å². The second-order valence-corrected chi connectivity index (χ2v) is 7.89. The normalized spacial score (nSPS) is 16.8. The van der Waals surface area contributed by atoms with Crippen LogP contribution in [0.5, 0.6) is 0 Å². The lowest BCUT2D eigenvalue weighted by atomic mass is 10.1. The summed E-state index contributed by atoms with van der Waals surface area (Å²) in [6.07, 6.45) is 2.13. The Kier molecular flexibility index (Phi) is 5.07. The number of benzene rings is 2. The van der Waals surface area contributed by atoms with Gasteiger partial charge in [0.15, 0.2) is 0 Å². The van der Waals surface area contributed by atoms with Gasteiger partial charge in [-0.05, 0) is 74.2 Å². The fourth-order valence-electron chi connectivity index (χ4n) is 3.62. The summed E-state index contributed by atoms with van der Waals surface area (Å²) in [6, 6.07) is 13.7. The quantitative estimate of drug-likeness (QED) is 0.886. The lowest BCUT2D eigenvalue weighted by Crippen LogP contribution is -2.49. The monoisotopic (exact) mass is 377 g/mol. The smallest absolute Gasteiger partial charge is 0.255 e. The fraction of sp³-hybridized carbons (Fsp3) is 0.391. The number of rotatable bonds is 4. The van der Waals surface area contributed by atoms with Gasteiger partial charge in [0, 0.05) is 49.0 Å². The van der Waals surface area contributed by atoms with Crippen molar-refractivity contribution in [1.82, 2.24) is 4.90 Å². The predicted octanol–water partition coefficient (Wildman–Crippen LogP) is 3.61. The van der Waals surface area contributed by atoms with Crippen molar-refractivity contribution in [2.24, 2.45) is 5.92 Å². The zero-order valence-corrected chi connectivity index (χ0v) is 16.6. The molecule has 1 saturated heterocycles. The molecule has 1 N–H and O–H groups in total. The summed E-state index contributed by atoms with van der Waals surface area (Å²) in [6.45, 7) is 7.34. The van der Waals surface area contributed by atoms with Crippen LogP contribution in [0.1, 0.15) is 34.3 Å². The lowest BCUT2D eigenvalue weighted by Gasteiger charge is -2.36. The number of carbonyl (C=O) groups excluding carboxylic acids is 2. The number of carbonyl (C=O) groups is 2. The molecule has 2 aromatic carbocycles. The van der Waals surface area contributed by atoms with Crippen LogP contribution >= 0.6 is 0 Å². The van der Waals surface area contributed by atoms with E-state index in [-0.39, 0.29) is 5.91 Å². The number of nitrogens with one attached hydrogen (secondary N) is 1. The summed E-state index contributed by atoms with van der Waals surface area (Å²) in [7, 11) is 0. The van der Waals surface area contributed by atoms with E-state index in [9.17, 15) is 9.59 Å². The maximum absolute atomic E-state index is 12.5. The van der Waals surface area contributed by atoms with Gasteiger partial charge in [0.25, 0.3) is 5.91 Å². The molecule has 0 aromatic heterocycles. The highest BCUT2D eigenvalue weighted by Gasteiger charge is 2.34. The summed E-state index contributed by atoms with van der Waals surface area (Å²) in [5.41, 5.74) is 4.88. The molecular weight excluding hydrogens is 350 g/mol. The Bertz CT molecular complexity index is 879. The molecule has 5 nitrogen and oxygen atoms in total. The van der Waals surface area contributed by atoms with E-state index in [0.717, 1.165) is 56.0 Å². The van der Waals surface area contributed by atoms with Crippen LogP contribution in [0.15, 0.2) is 42.5 Å². The molecule has 0 atom stereocenters. The van der Waals surface area contributed by atoms with Crippen molar-refractivity contribution < 1.29 is 9.59 Å². The summed E-state index contributed by atoms with van der Waals surface area (Å²) >= 11 is 0. The third kappa shape index (κ3) is 4.03. The Hall–Kier alpha value is -2.82.